The van der Waals surface area contributed by atoms with Crippen LogP contribution in [0.4, 0.5) is 10.1 Å². The van der Waals surface area contributed by atoms with Crippen molar-refractivity contribution in [1.82, 2.24) is 5.32 Å². The molecule has 1 heterocycles. The van der Waals surface area contributed by atoms with Crippen LogP contribution < -0.4 is 16.0 Å². The summed E-state index contributed by atoms with van der Waals surface area (Å²) in [5.41, 5.74) is 6.32. The zero-order valence-electron chi connectivity index (χ0n) is 11.8. The van der Waals surface area contributed by atoms with E-state index in [9.17, 15) is 9.18 Å². The molecule has 1 unspecified atom stereocenters. The van der Waals surface area contributed by atoms with Crippen LogP contribution in [0, 0.1) is 23.1 Å². The van der Waals surface area contributed by atoms with Gasteiger partial charge in [-0.05, 0) is 31.0 Å². The van der Waals surface area contributed by atoms with Crippen molar-refractivity contribution in [2.24, 2.45) is 11.7 Å². The van der Waals surface area contributed by atoms with Crippen molar-refractivity contribution in [3.05, 3.63) is 29.6 Å². The Labute approximate surface area is 123 Å². The number of amides is 1. The summed E-state index contributed by atoms with van der Waals surface area (Å²) < 4.78 is 13.5. The van der Waals surface area contributed by atoms with E-state index in [0.29, 0.717) is 30.9 Å². The summed E-state index contributed by atoms with van der Waals surface area (Å²) in [5.74, 6) is -0.570. The summed E-state index contributed by atoms with van der Waals surface area (Å²) in [6.07, 6.45) is 1.67. The highest BCUT2D eigenvalue weighted by atomic mass is 19.1. The number of benzene rings is 1. The molecule has 0 aliphatic carbocycles. The average molecular weight is 290 g/mol. The van der Waals surface area contributed by atoms with Crippen LogP contribution in [0.3, 0.4) is 0 Å². The lowest BCUT2D eigenvalue weighted by atomic mass is 9.96. The lowest BCUT2D eigenvalue weighted by molar-refractivity contribution is -0.125. The van der Waals surface area contributed by atoms with Crippen molar-refractivity contribution < 1.29 is 9.18 Å². The van der Waals surface area contributed by atoms with E-state index in [1.54, 1.807) is 6.07 Å². The maximum absolute atomic E-state index is 13.5. The van der Waals surface area contributed by atoms with Gasteiger partial charge < -0.3 is 16.0 Å². The van der Waals surface area contributed by atoms with Gasteiger partial charge in [0.05, 0.1) is 17.6 Å². The third-order valence-corrected chi connectivity index (χ3v) is 3.61. The van der Waals surface area contributed by atoms with Gasteiger partial charge in [0.2, 0.25) is 5.91 Å². The molecule has 1 aromatic rings. The summed E-state index contributed by atoms with van der Waals surface area (Å²) >= 11 is 0. The molecule has 1 aliphatic heterocycles. The molecule has 1 saturated heterocycles. The summed E-state index contributed by atoms with van der Waals surface area (Å²) in [4.78, 5) is 14.0. The molecule has 6 heteroatoms. The number of nitrogens with two attached hydrogens (primary N) is 1. The number of hydrogen-bond acceptors (Lipinski definition) is 4. The lowest BCUT2D eigenvalue weighted by Gasteiger charge is -2.33. The molecule has 1 atom stereocenters. The summed E-state index contributed by atoms with van der Waals surface area (Å²) in [5, 5.41) is 11.7. The van der Waals surface area contributed by atoms with Crippen LogP contribution in [0.15, 0.2) is 18.2 Å². The number of piperidine rings is 1. The number of anilines is 1. The van der Waals surface area contributed by atoms with E-state index in [4.69, 9.17) is 11.0 Å². The molecule has 3 N–H and O–H groups in total. The number of hydrogen-bond donors (Lipinski definition) is 2. The number of nitrogens with zero attached hydrogens (tertiary/aromatic N) is 2. The second-order valence-electron chi connectivity index (χ2n) is 5.17. The third-order valence-electron chi connectivity index (χ3n) is 3.61. The Kier molecular flexibility index (Phi) is 5.12. The number of carbonyl (C=O) groups is 1. The predicted octanol–water partition coefficient (Wildman–Crippen LogP) is 0.989. The van der Waals surface area contributed by atoms with E-state index in [1.165, 1.54) is 12.1 Å². The minimum atomic E-state index is -0.432. The zero-order valence-corrected chi connectivity index (χ0v) is 11.8. The molecule has 112 valence electrons. The monoisotopic (exact) mass is 290 g/mol. The smallest absolute Gasteiger partial charge is 0.224 e. The number of rotatable bonds is 4. The minimum absolute atomic E-state index is 0.0120. The quantitative estimate of drug-likeness (QED) is 0.866. The second-order valence-corrected chi connectivity index (χ2v) is 5.17. The minimum Gasteiger partial charge on any atom is -0.371 e. The molecule has 0 spiro atoms. The third kappa shape index (κ3) is 3.92. The van der Waals surface area contributed by atoms with Crippen LogP contribution >= 0.6 is 0 Å². The van der Waals surface area contributed by atoms with Gasteiger partial charge in [-0.1, -0.05) is 0 Å². The fourth-order valence-electron chi connectivity index (χ4n) is 2.59. The van der Waals surface area contributed by atoms with Crippen LogP contribution in [0.25, 0.3) is 0 Å². The fourth-order valence-corrected chi connectivity index (χ4v) is 2.59. The Bertz CT molecular complexity index is 555. The Morgan fingerprint density at radius 1 is 1.52 bits per heavy atom. The normalized spacial score (nSPS) is 18.1. The van der Waals surface area contributed by atoms with Gasteiger partial charge in [0, 0.05) is 31.9 Å². The average Bonchev–Trinajstić information content (AvgIpc) is 2.52. The molecular weight excluding hydrogens is 271 g/mol. The van der Waals surface area contributed by atoms with E-state index >= 15 is 0 Å². The molecule has 0 saturated carbocycles. The molecule has 1 aliphatic rings. The molecule has 21 heavy (non-hydrogen) atoms. The van der Waals surface area contributed by atoms with Crippen molar-refractivity contribution in [2.75, 3.05) is 31.1 Å². The van der Waals surface area contributed by atoms with Gasteiger partial charge in [-0.25, -0.2) is 4.39 Å². The molecule has 0 radical (unpaired) electrons. The Hall–Kier alpha value is -2.13. The van der Waals surface area contributed by atoms with Crippen molar-refractivity contribution in [3.63, 3.8) is 0 Å². The molecule has 5 nitrogen and oxygen atoms in total. The number of nitriles is 1. The molecule has 0 aromatic heterocycles. The van der Waals surface area contributed by atoms with E-state index in [0.717, 1.165) is 19.4 Å². The van der Waals surface area contributed by atoms with Gasteiger partial charge in [0.1, 0.15) is 5.82 Å². The van der Waals surface area contributed by atoms with Crippen LogP contribution in [-0.2, 0) is 4.79 Å². The molecular formula is C15H19FN4O. The van der Waals surface area contributed by atoms with Gasteiger partial charge in [-0.2, -0.15) is 5.26 Å². The second kappa shape index (κ2) is 7.04. The van der Waals surface area contributed by atoms with E-state index in [1.807, 2.05) is 11.0 Å². The highest BCUT2D eigenvalue weighted by molar-refractivity contribution is 5.79. The lowest BCUT2D eigenvalue weighted by Crippen LogP contribution is -2.44. The Balaban J connectivity index is 2.09. The number of carbonyl (C=O) groups excluding carboxylic acids is 1. The summed E-state index contributed by atoms with van der Waals surface area (Å²) in [6.45, 7) is 2.17. The molecule has 2 rings (SSSR count). The Morgan fingerprint density at radius 3 is 3.05 bits per heavy atom. The van der Waals surface area contributed by atoms with E-state index in [2.05, 4.69) is 5.32 Å². The van der Waals surface area contributed by atoms with Gasteiger partial charge in [0.15, 0.2) is 0 Å². The summed E-state index contributed by atoms with van der Waals surface area (Å²) in [7, 11) is 0. The fraction of sp³-hybridized carbons (Fsp3) is 0.467. The van der Waals surface area contributed by atoms with Crippen molar-refractivity contribution >= 4 is 11.6 Å². The van der Waals surface area contributed by atoms with Crippen LogP contribution in [0.1, 0.15) is 18.4 Å². The molecule has 0 bridgehead atoms. The van der Waals surface area contributed by atoms with Gasteiger partial charge in [0.25, 0.3) is 0 Å². The first-order valence-electron chi connectivity index (χ1n) is 7.07. The maximum atomic E-state index is 13.5. The molecule has 1 amide bonds. The Morgan fingerprint density at radius 2 is 2.33 bits per heavy atom. The van der Waals surface area contributed by atoms with Gasteiger partial charge in [-0.3, -0.25) is 4.79 Å². The maximum Gasteiger partial charge on any atom is 0.224 e. The zero-order chi connectivity index (χ0) is 15.2. The van der Waals surface area contributed by atoms with E-state index < -0.39 is 5.82 Å². The van der Waals surface area contributed by atoms with Crippen molar-refractivity contribution in [2.45, 2.75) is 12.8 Å². The highest BCUT2D eigenvalue weighted by Crippen LogP contribution is 2.25. The van der Waals surface area contributed by atoms with Crippen LogP contribution in [0.5, 0.6) is 0 Å². The van der Waals surface area contributed by atoms with Crippen LogP contribution in [0.2, 0.25) is 0 Å². The SMILES string of the molecule is N#Cc1cc(F)cc(N2CCCC(C(=O)NCCN)C2)c1. The molecule has 1 fully saturated rings. The van der Waals surface area contributed by atoms with Crippen LogP contribution in [-0.4, -0.2) is 32.1 Å². The van der Waals surface area contributed by atoms with Crippen molar-refractivity contribution in [3.8, 4) is 6.07 Å². The number of nitrogens with one attached hydrogen (secondary N) is 1. The standard InChI is InChI=1S/C15H19FN4O/c16-13-6-11(9-18)7-14(8-13)20-5-1-2-12(10-20)15(21)19-4-3-17/h6-8,12H,1-5,10,17H2,(H,19,21). The number of halogens is 1. The van der Waals surface area contributed by atoms with Gasteiger partial charge >= 0.3 is 0 Å². The largest absolute Gasteiger partial charge is 0.371 e. The first kappa shape index (κ1) is 15.3. The van der Waals surface area contributed by atoms with Crippen molar-refractivity contribution in [1.29, 1.82) is 5.26 Å². The first-order valence-corrected chi connectivity index (χ1v) is 7.07. The summed E-state index contributed by atoms with van der Waals surface area (Å²) in [6, 6.07) is 6.22. The van der Waals surface area contributed by atoms with E-state index in [-0.39, 0.29) is 11.8 Å². The molecule has 1 aromatic carbocycles. The topological polar surface area (TPSA) is 82.2 Å². The predicted molar refractivity (Wildman–Crippen MR) is 78.1 cm³/mol. The first-order chi connectivity index (χ1) is 10.1. The van der Waals surface area contributed by atoms with Gasteiger partial charge in [-0.15, -0.1) is 0 Å². The highest BCUT2D eigenvalue weighted by Gasteiger charge is 2.26.